The summed E-state index contributed by atoms with van der Waals surface area (Å²) in [5.74, 6) is 0.442. The van der Waals surface area contributed by atoms with Crippen LogP contribution in [0.1, 0.15) is 15.2 Å². The monoisotopic (exact) mass is 346 g/mol. The van der Waals surface area contributed by atoms with Gasteiger partial charge in [-0.25, -0.2) is 0 Å². The van der Waals surface area contributed by atoms with Crippen LogP contribution in [0, 0.1) is 5.92 Å². The molecule has 0 N–H and O–H groups in total. The predicted octanol–water partition coefficient (Wildman–Crippen LogP) is 1.45. The summed E-state index contributed by atoms with van der Waals surface area (Å²) in [7, 11) is 1.83. The first-order chi connectivity index (χ1) is 11.7. The Bertz CT molecular complexity index is 699. The van der Waals surface area contributed by atoms with Crippen molar-refractivity contribution in [2.24, 2.45) is 13.0 Å². The highest BCUT2D eigenvalue weighted by molar-refractivity contribution is 7.09. The number of carbonyl (C=O) groups excluding carboxylic acids is 1. The summed E-state index contributed by atoms with van der Waals surface area (Å²) >= 11 is 1.80. The Kier molecular flexibility index (Phi) is 4.39. The van der Waals surface area contributed by atoms with Gasteiger partial charge in [-0.3, -0.25) is 14.4 Å². The van der Waals surface area contributed by atoms with Gasteiger partial charge in [0.2, 0.25) is 0 Å². The second-order valence-electron chi connectivity index (χ2n) is 6.60. The van der Waals surface area contributed by atoms with Crippen LogP contribution < -0.4 is 0 Å². The first-order valence-corrected chi connectivity index (χ1v) is 9.21. The Morgan fingerprint density at radius 3 is 3.08 bits per heavy atom. The molecule has 4 heterocycles. The van der Waals surface area contributed by atoms with Gasteiger partial charge in [0.05, 0.1) is 24.5 Å². The number of rotatable bonds is 3. The van der Waals surface area contributed by atoms with E-state index in [4.69, 9.17) is 4.74 Å². The number of likely N-dealkylation sites (tertiary alicyclic amines) is 1. The van der Waals surface area contributed by atoms with Crippen LogP contribution in [0.4, 0.5) is 0 Å². The minimum absolute atomic E-state index is 0.0593. The molecular weight excluding hydrogens is 324 g/mol. The van der Waals surface area contributed by atoms with Gasteiger partial charge in [0.25, 0.3) is 5.91 Å². The van der Waals surface area contributed by atoms with E-state index in [1.807, 2.05) is 11.9 Å². The average molecular weight is 346 g/mol. The van der Waals surface area contributed by atoms with Crippen molar-refractivity contribution in [3.8, 4) is 0 Å². The number of hydrogen-bond acceptors (Lipinski definition) is 5. The second kappa shape index (κ2) is 6.66. The summed E-state index contributed by atoms with van der Waals surface area (Å²) < 4.78 is 7.71. The van der Waals surface area contributed by atoms with E-state index in [1.54, 1.807) is 28.4 Å². The normalized spacial score (nSPS) is 24.8. The van der Waals surface area contributed by atoms with E-state index < -0.39 is 0 Å². The van der Waals surface area contributed by atoms with Gasteiger partial charge < -0.3 is 9.64 Å². The molecular formula is C17H22N4O2S. The molecule has 0 aliphatic carbocycles. The maximum atomic E-state index is 12.7. The number of nitrogens with zero attached hydrogens (tertiary/aromatic N) is 4. The molecule has 0 radical (unpaired) electrons. The third kappa shape index (κ3) is 3.24. The van der Waals surface area contributed by atoms with Gasteiger partial charge in [0.15, 0.2) is 0 Å². The molecule has 24 heavy (non-hydrogen) atoms. The minimum Gasteiger partial charge on any atom is -0.375 e. The lowest BCUT2D eigenvalue weighted by Gasteiger charge is -2.23. The molecule has 6 nitrogen and oxygen atoms in total. The molecule has 128 valence electrons. The van der Waals surface area contributed by atoms with Crippen LogP contribution >= 0.6 is 11.3 Å². The molecule has 2 fully saturated rings. The third-order valence-electron chi connectivity index (χ3n) is 4.80. The Labute approximate surface area is 145 Å². The van der Waals surface area contributed by atoms with Gasteiger partial charge in [-0.1, -0.05) is 6.07 Å². The number of carbonyl (C=O) groups is 1. The Morgan fingerprint density at radius 2 is 2.33 bits per heavy atom. The van der Waals surface area contributed by atoms with Crippen LogP contribution in [-0.2, 0) is 18.3 Å². The zero-order chi connectivity index (χ0) is 16.5. The fraction of sp³-hybridized carbons (Fsp3) is 0.529. The molecule has 2 atom stereocenters. The lowest BCUT2D eigenvalue weighted by Crippen LogP contribution is -2.37. The topological polar surface area (TPSA) is 50.6 Å². The first kappa shape index (κ1) is 15.8. The molecule has 0 aromatic carbocycles. The average Bonchev–Trinajstić information content (AvgIpc) is 3.27. The van der Waals surface area contributed by atoms with Gasteiger partial charge in [-0.15, -0.1) is 11.3 Å². The van der Waals surface area contributed by atoms with Crippen molar-refractivity contribution in [2.45, 2.75) is 12.6 Å². The molecule has 0 bridgehead atoms. The molecule has 0 unspecified atom stereocenters. The Hall–Kier alpha value is -1.70. The quantitative estimate of drug-likeness (QED) is 0.844. The van der Waals surface area contributed by atoms with Crippen molar-refractivity contribution in [3.63, 3.8) is 0 Å². The minimum atomic E-state index is 0.0593. The molecule has 1 amide bonds. The van der Waals surface area contributed by atoms with E-state index in [2.05, 4.69) is 27.5 Å². The SMILES string of the molecule is Cn1cc(C(=O)N2CCO[C@@H]3CN(Cc4cccs4)C[C@@H]3C2)cn1. The zero-order valence-electron chi connectivity index (χ0n) is 13.8. The van der Waals surface area contributed by atoms with Crippen LogP contribution in [0.25, 0.3) is 0 Å². The van der Waals surface area contributed by atoms with E-state index in [0.717, 1.165) is 26.2 Å². The number of thiophene rings is 1. The number of amides is 1. The number of ether oxygens (including phenoxy) is 1. The van der Waals surface area contributed by atoms with Gasteiger partial charge in [-0.05, 0) is 11.4 Å². The van der Waals surface area contributed by atoms with Crippen molar-refractivity contribution in [2.75, 3.05) is 32.8 Å². The van der Waals surface area contributed by atoms with Crippen molar-refractivity contribution < 1.29 is 9.53 Å². The maximum absolute atomic E-state index is 12.7. The van der Waals surface area contributed by atoms with Crippen molar-refractivity contribution >= 4 is 17.2 Å². The number of aromatic nitrogens is 2. The molecule has 2 aromatic heterocycles. The van der Waals surface area contributed by atoms with Crippen molar-refractivity contribution in [1.82, 2.24) is 19.6 Å². The zero-order valence-corrected chi connectivity index (χ0v) is 14.6. The molecule has 2 saturated heterocycles. The summed E-state index contributed by atoms with van der Waals surface area (Å²) in [6, 6.07) is 4.27. The Balaban J connectivity index is 1.41. The molecule has 2 aliphatic rings. The van der Waals surface area contributed by atoms with E-state index in [-0.39, 0.29) is 12.0 Å². The number of aryl methyl sites for hydroxylation is 1. The standard InChI is InChI=1S/C17H22N4O2S/c1-19-8-13(7-18-19)17(22)21-4-5-23-16-12-20(9-14(16)10-21)11-15-3-2-6-24-15/h2-3,6-8,14,16H,4-5,9-12H2,1H3/t14-,16-/m1/s1. The maximum Gasteiger partial charge on any atom is 0.257 e. The van der Waals surface area contributed by atoms with Gasteiger partial charge >= 0.3 is 0 Å². The predicted molar refractivity (Wildman–Crippen MR) is 91.9 cm³/mol. The van der Waals surface area contributed by atoms with Crippen LogP contribution in [0.15, 0.2) is 29.9 Å². The second-order valence-corrected chi connectivity index (χ2v) is 7.63. The van der Waals surface area contributed by atoms with Crippen LogP contribution in [-0.4, -0.2) is 64.4 Å². The first-order valence-electron chi connectivity index (χ1n) is 8.33. The lowest BCUT2D eigenvalue weighted by atomic mass is 10.1. The fourth-order valence-corrected chi connectivity index (χ4v) is 4.38. The van der Waals surface area contributed by atoms with Crippen LogP contribution in [0.5, 0.6) is 0 Å². The van der Waals surface area contributed by atoms with Crippen molar-refractivity contribution in [1.29, 1.82) is 0 Å². The molecule has 0 spiro atoms. The van der Waals surface area contributed by atoms with Crippen LogP contribution in [0.3, 0.4) is 0 Å². The van der Waals surface area contributed by atoms with E-state index in [0.29, 0.717) is 24.6 Å². The van der Waals surface area contributed by atoms with E-state index in [1.165, 1.54) is 4.88 Å². The number of fused-ring (bicyclic) bond motifs is 1. The van der Waals surface area contributed by atoms with Gasteiger partial charge in [-0.2, -0.15) is 5.10 Å². The summed E-state index contributed by atoms with van der Waals surface area (Å²) in [5.41, 5.74) is 0.657. The largest absolute Gasteiger partial charge is 0.375 e. The van der Waals surface area contributed by atoms with Gasteiger partial charge in [0, 0.05) is 56.8 Å². The summed E-state index contributed by atoms with van der Waals surface area (Å²) in [6.45, 7) is 4.95. The smallest absolute Gasteiger partial charge is 0.257 e. The Morgan fingerprint density at radius 1 is 1.42 bits per heavy atom. The van der Waals surface area contributed by atoms with E-state index >= 15 is 0 Å². The van der Waals surface area contributed by atoms with Crippen LogP contribution in [0.2, 0.25) is 0 Å². The molecule has 2 aliphatic heterocycles. The lowest BCUT2D eigenvalue weighted by molar-refractivity contribution is 0.0502. The van der Waals surface area contributed by atoms with Crippen molar-refractivity contribution in [3.05, 3.63) is 40.3 Å². The summed E-state index contributed by atoms with van der Waals surface area (Å²) in [4.78, 5) is 18.5. The highest BCUT2D eigenvalue weighted by atomic mass is 32.1. The third-order valence-corrected chi connectivity index (χ3v) is 5.66. The molecule has 2 aromatic rings. The molecule has 4 rings (SSSR count). The van der Waals surface area contributed by atoms with Gasteiger partial charge in [0.1, 0.15) is 0 Å². The summed E-state index contributed by atoms with van der Waals surface area (Å²) in [6.07, 6.45) is 3.66. The van der Waals surface area contributed by atoms with E-state index in [9.17, 15) is 4.79 Å². The number of hydrogen-bond donors (Lipinski definition) is 0. The highest BCUT2D eigenvalue weighted by Crippen LogP contribution is 2.26. The summed E-state index contributed by atoms with van der Waals surface area (Å²) in [5, 5.41) is 6.23. The molecule has 0 saturated carbocycles. The fourth-order valence-electron chi connectivity index (χ4n) is 3.63. The highest BCUT2D eigenvalue weighted by Gasteiger charge is 2.37. The molecule has 7 heteroatoms.